The molecule has 0 amide bonds. The van der Waals surface area contributed by atoms with Crippen LogP contribution in [0.3, 0.4) is 0 Å². The van der Waals surface area contributed by atoms with E-state index in [1.54, 1.807) is 18.3 Å². The minimum atomic E-state index is 0.587. The highest BCUT2D eigenvalue weighted by Crippen LogP contribution is 2.26. The lowest BCUT2D eigenvalue weighted by Crippen LogP contribution is -1.99. The van der Waals surface area contributed by atoms with Crippen LogP contribution in [-0.2, 0) is 0 Å². The molecule has 24 heavy (non-hydrogen) atoms. The van der Waals surface area contributed by atoms with Crippen LogP contribution in [0.1, 0.15) is 22.5 Å². The number of pyridine rings is 1. The van der Waals surface area contributed by atoms with Crippen molar-refractivity contribution in [3.63, 3.8) is 0 Å². The molecule has 0 N–H and O–H groups in total. The number of aromatic nitrogens is 2. The zero-order valence-corrected chi connectivity index (χ0v) is 14.2. The normalized spacial score (nSPS) is 11.3. The molecule has 0 aliphatic rings. The van der Waals surface area contributed by atoms with E-state index < -0.39 is 0 Å². The maximum atomic E-state index is 9.54. The summed E-state index contributed by atoms with van der Waals surface area (Å²) in [5, 5.41) is 10.2. The second-order valence-corrected chi connectivity index (χ2v) is 5.99. The summed E-state index contributed by atoms with van der Waals surface area (Å²) in [5.74, 6) is 0. The van der Waals surface area contributed by atoms with Crippen molar-refractivity contribution in [1.82, 2.24) is 9.55 Å². The van der Waals surface area contributed by atoms with E-state index in [-0.39, 0.29) is 0 Å². The van der Waals surface area contributed by atoms with Gasteiger partial charge >= 0.3 is 0 Å². The quantitative estimate of drug-likeness (QED) is 0.617. The Balaban J connectivity index is 2.09. The molecule has 0 fully saturated rings. The van der Waals surface area contributed by atoms with E-state index in [0.717, 1.165) is 28.2 Å². The highest BCUT2D eigenvalue weighted by atomic mass is 35.5. The van der Waals surface area contributed by atoms with Gasteiger partial charge in [0.25, 0.3) is 0 Å². The molecule has 0 spiro atoms. The van der Waals surface area contributed by atoms with E-state index in [1.165, 1.54) is 0 Å². The van der Waals surface area contributed by atoms with E-state index in [4.69, 9.17) is 11.6 Å². The third-order valence-electron chi connectivity index (χ3n) is 3.93. The lowest BCUT2D eigenvalue weighted by Gasteiger charge is -2.08. The average Bonchev–Trinajstić information content (AvgIpc) is 2.87. The van der Waals surface area contributed by atoms with Gasteiger partial charge in [0.15, 0.2) is 0 Å². The van der Waals surface area contributed by atoms with Gasteiger partial charge in [0, 0.05) is 22.6 Å². The standard InChI is InChI=1S/C20H16ClN3/c1-14-9-17(15(2)24(14)20-7-4-8-23-13-20)10-18(12-22)16-5-3-6-19(21)11-16/h3-11,13H,1-2H3/b18-10-. The Bertz CT molecular complexity index is 947. The molecule has 0 saturated carbocycles. The molecule has 1 aromatic carbocycles. The van der Waals surface area contributed by atoms with Crippen molar-refractivity contribution in [3.8, 4) is 11.8 Å². The Morgan fingerprint density at radius 2 is 2.04 bits per heavy atom. The van der Waals surface area contributed by atoms with Gasteiger partial charge in [-0.3, -0.25) is 4.98 Å². The molecule has 0 saturated heterocycles. The van der Waals surface area contributed by atoms with Crippen molar-refractivity contribution in [2.45, 2.75) is 13.8 Å². The largest absolute Gasteiger partial charge is 0.316 e. The number of hydrogen-bond acceptors (Lipinski definition) is 2. The molecular weight excluding hydrogens is 318 g/mol. The predicted molar refractivity (Wildman–Crippen MR) is 98.0 cm³/mol. The van der Waals surface area contributed by atoms with E-state index in [2.05, 4.69) is 21.7 Å². The second kappa shape index (κ2) is 6.74. The number of halogens is 1. The van der Waals surface area contributed by atoms with Crippen LogP contribution < -0.4 is 0 Å². The molecule has 0 unspecified atom stereocenters. The van der Waals surface area contributed by atoms with E-state index in [1.807, 2.05) is 50.4 Å². The number of aryl methyl sites for hydroxylation is 1. The smallest absolute Gasteiger partial charge is 0.0998 e. The van der Waals surface area contributed by atoms with Crippen LogP contribution >= 0.6 is 11.6 Å². The lowest BCUT2D eigenvalue weighted by atomic mass is 10.0. The minimum Gasteiger partial charge on any atom is -0.316 e. The van der Waals surface area contributed by atoms with Crippen LogP contribution in [0, 0.1) is 25.2 Å². The molecule has 3 nitrogen and oxygen atoms in total. The van der Waals surface area contributed by atoms with Crippen molar-refractivity contribution in [2.75, 3.05) is 0 Å². The zero-order valence-electron chi connectivity index (χ0n) is 13.5. The molecule has 0 aliphatic carbocycles. The van der Waals surface area contributed by atoms with E-state index in [0.29, 0.717) is 10.6 Å². The summed E-state index contributed by atoms with van der Waals surface area (Å²) < 4.78 is 2.13. The van der Waals surface area contributed by atoms with Crippen molar-refractivity contribution in [3.05, 3.63) is 82.4 Å². The third kappa shape index (κ3) is 3.10. The Labute approximate surface area is 146 Å². The first-order chi connectivity index (χ1) is 11.6. The first-order valence-electron chi connectivity index (χ1n) is 7.57. The van der Waals surface area contributed by atoms with Crippen LogP contribution in [0.2, 0.25) is 5.02 Å². The van der Waals surface area contributed by atoms with Crippen molar-refractivity contribution in [1.29, 1.82) is 5.26 Å². The molecule has 0 aliphatic heterocycles. The van der Waals surface area contributed by atoms with E-state index >= 15 is 0 Å². The van der Waals surface area contributed by atoms with Gasteiger partial charge in [0.1, 0.15) is 0 Å². The molecule has 4 heteroatoms. The SMILES string of the molecule is Cc1cc(/C=C(/C#N)c2cccc(Cl)c2)c(C)n1-c1cccnc1. The predicted octanol–water partition coefficient (Wildman–Crippen LogP) is 5.21. The monoisotopic (exact) mass is 333 g/mol. The zero-order chi connectivity index (χ0) is 17.1. The molecule has 2 heterocycles. The Morgan fingerprint density at radius 3 is 2.71 bits per heavy atom. The van der Waals surface area contributed by atoms with Gasteiger partial charge in [-0.2, -0.15) is 5.26 Å². The van der Waals surface area contributed by atoms with Gasteiger partial charge in [-0.25, -0.2) is 0 Å². The molecule has 0 bridgehead atoms. The maximum absolute atomic E-state index is 9.54. The fourth-order valence-corrected chi connectivity index (χ4v) is 3.00. The van der Waals surface area contributed by atoms with Gasteiger partial charge in [-0.1, -0.05) is 23.7 Å². The fourth-order valence-electron chi connectivity index (χ4n) is 2.81. The molecule has 2 aromatic heterocycles. The number of benzene rings is 1. The summed E-state index contributed by atoms with van der Waals surface area (Å²) in [6, 6.07) is 15.6. The van der Waals surface area contributed by atoms with Crippen LogP contribution in [0.4, 0.5) is 0 Å². The van der Waals surface area contributed by atoms with Crippen LogP contribution in [0.25, 0.3) is 17.3 Å². The topological polar surface area (TPSA) is 41.6 Å². The molecule has 3 aromatic rings. The van der Waals surface area contributed by atoms with Gasteiger partial charge in [-0.15, -0.1) is 0 Å². The Hall–Kier alpha value is -2.83. The maximum Gasteiger partial charge on any atom is 0.0998 e. The van der Waals surface area contributed by atoms with Crippen LogP contribution in [-0.4, -0.2) is 9.55 Å². The number of nitrogens with zero attached hydrogens (tertiary/aromatic N) is 3. The van der Waals surface area contributed by atoms with Gasteiger partial charge in [0.05, 0.1) is 23.5 Å². The number of hydrogen-bond donors (Lipinski definition) is 0. The van der Waals surface area contributed by atoms with Crippen molar-refractivity contribution >= 4 is 23.3 Å². The number of allylic oxidation sites excluding steroid dienone is 1. The first kappa shape index (κ1) is 16.0. The van der Waals surface area contributed by atoms with Crippen LogP contribution in [0.5, 0.6) is 0 Å². The van der Waals surface area contributed by atoms with E-state index in [9.17, 15) is 5.26 Å². The summed E-state index contributed by atoms with van der Waals surface area (Å²) in [7, 11) is 0. The molecular formula is C20H16ClN3. The number of rotatable bonds is 3. The summed E-state index contributed by atoms with van der Waals surface area (Å²) >= 11 is 6.04. The molecule has 3 rings (SSSR count). The summed E-state index contributed by atoms with van der Waals surface area (Å²) in [6.45, 7) is 4.08. The third-order valence-corrected chi connectivity index (χ3v) is 4.17. The van der Waals surface area contributed by atoms with Gasteiger partial charge < -0.3 is 4.57 Å². The minimum absolute atomic E-state index is 0.587. The Kier molecular flexibility index (Phi) is 4.50. The lowest BCUT2D eigenvalue weighted by molar-refractivity contribution is 0.954. The molecule has 0 atom stereocenters. The first-order valence-corrected chi connectivity index (χ1v) is 7.95. The van der Waals surface area contributed by atoms with Crippen LogP contribution in [0.15, 0.2) is 54.9 Å². The summed E-state index contributed by atoms with van der Waals surface area (Å²) in [6.07, 6.45) is 5.49. The fraction of sp³-hybridized carbons (Fsp3) is 0.100. The van der Waals surface area contributed by atoms with Gasteiger partial charge in [0.2, 0.25) is 0 Å². The molecule has 118 valence electrons. The van der Waals surface area contributed by atoms with Gasteiger partial charge in [-0.05, 0) is 61.4 Å². The van der Waals surface area contributed by atoms with Crippen molar-refractivity contribution < 1.29 is 0 Å². The summed E-state index contributed by atoms with van der Waals surface area (Å²) in [5.41, 5.74) is 5.58. The Morgan fingerprint density at radius 1 is 1.21 bits per heavy atom. The average molecular weight is 334 g/mol. The van der Waals surface area contributed by atoms with Crippen molar-refractivity contribution in [2.24, 2.45) is 0 Å². The highest BCUT2D eigenvalue weighted by Gasteiger charge is 2.11. The number of nitriles is 1. The highest BCUT2D eigenvalue weighted by molar-refractivity contribution is 6.30. The summed E-state index contributed by atoms with van der Waals surface area (Å²) in [4.78, 5) is 4.18. The second-order valence-electron chi connectivity index (χ2n) is 5.55. The molecule has 0 radical (unpaired) electrons.